The first-order chi connectivity index (χ1) is 16.2. The largest absolute Gasteiger partial charge is 0.492 e. The van der Waals surface area contributed by atoms with E-state index in [0.29, 0.717) is 19.8 Å². The van der Waals surface area contributed by atoms with Gasteiger partial charge in [-0.2, -0.15) is 0 Å². The second kappa shape index (κ2) is 11.8. The Morgan fingerprint density at radius 1 is 0.788 bits per heavy atom. The maximum atomic E-state index is 10.7. The molecule has 1 heterocycles. The number of para-hydroxylation sites is 2. The first-order valence-electron chi connectivity index (χ1n) is 11.8. The van der Waals surface area contributed by atoms with Gasteiger partial charge in [-0.3, -0.25) is 4.90 Å². The molecule has 1 atom stereocenters. The summed E-state index contributed by atoms with van der Waals surface area (Å²) in [5, 5.41) is 10.7. The van der Waals surface area contributed by atoms with Gasteiger partial charge in [0, 0.05) is 32.7 Å². The SMILES string of the molecule is CCOc1ccccc1N1CCN(C[C@H](O)COC(c2ccccc2)c2ccccc2)CC1. The fraction of sp³-hybridized carbons (Fsp3) is 0.357. The van der Waals surface area contributed by atoms with E-state index >= 15 is 0 Å². The standard InChI is InChI=1S/C28H34N2O3/c1-2-32-27-16-10-9-15-26(27)30-19-17-29(18-20-30)21-25(31)22-33-28(23-11-5-3-6-12-23)24-13-7-4-8-14-24/h3-16,25,28,31H,2,17-22H2,1H3/t25-/m0/s1. The molecule has 1 aliphatic heterocycles. The van der Waals surface area contributed by atoms with Crippen LogP contribution in [0.5, 0.6) is 5.75 Å². The highest BCUT2D eigenvalue weighted by molar-refractivity contribution is 5.58. The lowest BCUT2D eigenvalue weighted by Crippen LogP contribution is -2.49. The molecule has 5 nitrogen and oxygen atoms in total. The quantitative estimate of drug-likeness (QED) is 0.501. The summed E-state index contributed by atoms with van der Waals surface area (Å²) in [4.78, 5) is 4.68. The zero-order chi connectivity index (χ0) is 22.9. The third-order valence-electron chi connectivity index (χ3n) is 6.01. The lowest BCUT2D eigenvalue weighted by atomic mass is 10.0. The molecule has 3 aromatic rings. The topological polar surface area (TPSA) is 45.2 Å². The Hall–Kier alpha value is -2.86. The predicted octanol–water partition coefficient (Wildman–Crippen LogP) is 4.37. The molecule has 4 rings (SSSR count). The molecule has 1 aliphatic rings. The normalized spacial score (nSPS) is 15.5. The molecule has 0 saturated carbocycles. The number of hydrogen-bond acceptors (Lipinski definition) is 5. The van der Waals surface area contributed by atoms with Gasteiger partial charge in [-0.1, -0.05) is 72.8 Å². The highest BCUT2D eigenvalue weighted by Crippen LogP contribution is 2.29. The van der Waals surface area contributed by atoms with Gasteiger partial charge in [-0.05, 0) is 30.2 Å². The number of aliphatic hydroxyl groups is 1. The molecule has 0 radical (unpaired) electrons. The molecule has 0 aliphatic carbocycles. The van der Waals surface area contributed by atoms with E-state index in [4.69, 9.17) is 9.47 Å². The Kier molecular flexibility index (Phi) is 8.36. The number of nitrogens with zero attached hydrogens (tertiary/aromatic N) is 2. The zero-order valence-corrected chi connectivity index (χ0v) is 19.3. The zero-order valence-electron chi connectivity index (χ0n) is 19.3. The van der Waals surface area contributed by atoms with Crippen LogP contribution in [0.4, 0.5) is 5.69 Å². The molecule has 174 valence electrons. The lowest BCUT2D eigenvalue weighted by molar-refractivity contribution is -0.00894. The Labute approximate surface area is 197 Å². The van der Waals surface area contributed by atoms with Crippen LogP contribution >= 0.6 is 0 Å². The number of aliphatic hydroxyl groups excluding tert-OH is 1. The summed E-state index contributed by atoms with van der Waals surface area (Å²) >= 11 is 0. The van der Waals surface area contributed by atoms with Gasteiger partial charge >= 0.3 is 0 Å². The summed E-state index contributed by atoms with van der Waals surface area (Å²) < 4.78 is 12.0. The Bertz CT molecular complexity index is 920. The summed E-state index contributed by atoms with van der Waals surface area (Å²) in [5.41, 5.74) is 3.34. The van der Waals surface area contributed by atoms with Gasteiger partial charge < -0.3 is 19.5 Å². The minimum Gasteiger partial charge on any atom is -0.492 e. The van der Waals surface area contributed by atoms with E-state index in [0.717, 1.165) is 48.7 Å². The number of ether oxygens (including phenoxy) is 2. The van der Waals surface area contributed by atoms with Gasteiger partial charge in [0.05, 0.1) is 25.0 Å². The van der Waals surface area contributed by atoms with Crippen molar-refractivity contribution in [2.24, 2.45) is 0 Å². The summed E-state index contributed by atoms with van der Waals surface area (Å²) in [6, 6.07) is 28.6. The second-order valence-electron chi connectivity index (χ2n) is 8.38. The number of rotatable bonds is 10. The van der Waals surface area contributed by atoms with E-state index in [9.17, 15) is 5.11 Å². The highest BCUT2D eigenvalue weighted by Gasteiger charge is 2.22. The molecule has 1 fully saturated rings. The van der Waals surface area contributed by atoms with Crippen LogP contribution in [0, 0.1) is 0 Å². The number of β-amino-alcohol motifs (C(OH)–C–C–N with tert-alkyl or cyclic N) is 1. The molecule has 0 unspecified atom stereocenters. The Balaban J connectivity index is 1.30. The first kappa shape index (κ1) is 23.3. The van der Waals surface area contributed by atoms with Crippen molar-refractivity contribution in [2.75, 3.05) is 50.8 Å². The van der Waals surface area contributed by atoms with Crippen LogP contribution in [0.25, 0.3) is 0 Å². The van der Waals surface area contributed by atoms with Gasteiger partial charge in [0.2, 0.25) is 0 Å². The van der Waals surface area contributed by atoms with E-state index in [-0.39, 0.29) is 6.10 Å². The van der Waals surface area contributed by atoms with Gasteiger partial charge in [-0.25, -0.2) is 0 Å². The van der Waals surface area contributed by atoms with Crippen molar-refractivity contribution >= 4 is 5.69 Å². The Morgan fingerprint density at radius 2 is 1.36 bits per heavy atom. The van der Waals surface area contributed by atoms with E-state index in [1.807, 2.05) is 55.5 Å². The van der Waals surface area contributed by atoms with Crippen LogP contribution in [0.15, 0.2) is 84.9 Å². The summed E-state index contributed by atoms with van der Waals surface area (Å²) in [5.74, 6) is 0.940. The van der Waals surface area contributed by atoms with Crippen LogP contribution in [0.3, 0.4) is 0 Å². The fourth-order valence-electron chi connectivity index (χ4n) is 4.37. The third-order valence-corrected chi connectivity index (χ3v) is 6.01. The fourth-order valence-corrected chi connectivity index (χ4v) is 4.37. The van der Waals surface area contributed by atoms with Crippen LogP contribution in [-0.4, -0.2) is 62.0 Å². The molecule has 0 spiro atoms. The average Bonchev–Trinajstić information content (AvgIpc) is 2.87. The van der Waals surface area contributed by atoms with Gasteiger partial charge in [0.15, 0.2) is 0 Å². The number of hydrogen-bond donors (Lipinski definition) is 1. The maximum Gasteiger partial charge on any atom is 0.142 e. The smallest absolute Gasteiger partial charge is 0.142 e. The van der Waals surface area contributed by atoms with Crippen molar-refractivity contribution in [3.05, 3.63) is 96.1 Å². The van der Waals surface area contributed by atoms with Crippen molar-refractivity contribution in [3.8, 4) is 5.75 Å². The lowest BCUT2D eigenvalue weighted by Gasteiger charge is -2.37. The first-order valence-corrected chi connectivity index (χ1v) is 11.8. The van der Waals surface area contributed by atoms with Gasteiger partial charge in [0.25, 0.3) is 0 Å². The van der Waals surface area contributed by atoms with E-state index in [1.165, 1.54) is 0 Å². The van der Waals surface area contributed by atoms with Crippen molar-refractivity contribution in [3.63, 3.8) is 0 Å². The molecular formula is C28H34N2O3. The van der Waals surface area contributed by atoms with Gasteiger partial charge in [-0.15, -0.1) is 0 Å². The molecule has 5 heteroatoms. The summed E-state index contributed by atoms with van der Waals surface area (Å²) in [7, 11) is 0. The molecule has 33 heavy (non-hydrogen) atoms. The number of piperazine rings is 1. The summed E-state index contributed by atoms with van der Waals surface area (Å²) in [6.07, 6.45) is -0.726. The monoisotopic (exact) mass is 446 g/mol. The maximum absolute atomic E-state index is 10.7. The van der Waals surface area contributed by atoms with E-state index in [2.05, 4.69) is 46.2 Å². The molecule has 0 bridgehead atoms. The number of benzene rings is 3. The predicted molar refractivity (Wildman–Crippen MR) is 133 cm³/mol. The molecule has 0 aromatic heterocycles. The van der Waals surface area contributed by atoms with Crippen LogP contribution in [-0.2, 0) is 4.74 Å². The second-order valence-corrected chi connectivity index (χ2v) is 8.38. The Morgan fingerprint density at radius 3 is 1.97 bits per heavy atom. The minimum absolute atomic E-state index is 0.186. The van der Waals surface area contributed by atoms with E-state index in [1.54, 1.807) is 0 Å². The third kappa shape index (κ3) is 6.35. The molecule has 0 amide bonds. The molecule has 1 saturated heterocycles. The van der Waals surface area contributed by atoms with Crippen molar-refractivity contribution < 1.29 is 14.6 Å². The van der Waals surface area contributed by atoms with Crippen molar-refractivity contribution in [1.29, 1.82) is 0 Å². The van der Waals surface area contributed by atoms with Crippen molar-refractivity contribution in [2.45, 2.75) is 19.1 Å². The van der Waals surface area contributed by atoms with Crippen LogP contribution in [0.1, 0.15) is 24.2 Å². The van der Waals surface area contributed by atoms with Gasteiger partial charge in [0.1, 0.15) is 11.9 Å². The van der Waals surface area contributed by atoms with Crippen LogP contribution in [0.2, 0.25) is 0 Å². The number of anilines is 1. The average molecular weight is 447 g/mol. The highest BCUT2D eigenvalue weighted by atomic mass is 16.5. The van der Waals surface area contributed by atoms with E-state index < -0.39 is 6.10 Å². The van der Waals surface area contributed by atoms with Crippen molar-refractivity contribution in [1.82, 2.24) is 4.90 Å². The van der Waals surface area contributed by atoms with Crippen LogP contribution < -0.4 is 9.64 Å². The molecule has 1 N–H and O–H groups in total. The minimum atomic E-state index is -0.540. The summed E-state index contributed by atoms with van der Waals surface area (Å²) in [6.45, 7) is 7.20. The molecular weight excluding hydrogens is 412 g/mol. The molecule has 3 aromatic carbocycles.